The first-order valence-corrected chi connectivity index (χ1v) is 7.86. The number of nitrogens with two attached hydrogens (primary N) is 1. The quantitative estimate of drug-likeness (QED) is 0.779. The van der Waals surface area contributed by atoms with E-state index in [0.717, 1.165) is 18.2 Å². The zero-order valence-electron chi connectivity index (χ0n) is 11.3. The van der Waals surface area contributed by atoms with Crippen LogP contribution in [0.4, 0.5) is 18.9 Å². The molecule has 7 heteroatoms. The molecule has 0 spiro atoms. The highest BCUT2D eigenvalue weighted by Crippen LogP contribution is 2.34. The van der Waals surface area contributed by atoms with Crippen LogP contribution in [0.2, 0.25) is 0 Å². The van der Waals surface area contributed by atoms with E-state index in [1.165, 1.54) is 6.07 Å². The van der Waals surface area contributed by atoms with Gasteiger partial charge >= 0.3 is 6.18 Å². The van der Waals surface area contributed by atoms with Crippen LogP contribution in [-0.2, 0) is 6.18 Å². The van der Waals surface area contributed by atoms with Crippen molar-refractivity contribution in [3.05, 3.63) is 29.3 Å². The molecule has 2 nitrogen and oxygen atoms in total. The molecule has 1 aromatic carbocycles. The summed E-state index contributed by atoms with van der Waals surface area (Å²) < 4.78 is 39.0. The maximum Gasteiger partial charge on any atom is 0.417 e. The maximum absolute atomic E-state index is 13.0. The molecule has 112 valence electrons. The summed E-state index contributed by atoms with van der Waals surface area (Å²) in [6.45, 7) is 1.99. The first kappa shape index (κ1) is 17.1. The lowest BCUT2D eigenvalue weighted by molar-refractivity contribution is -0.137. The van der Waals surface area contributed by atoms with E-state index in [9.17, 15) is 13.2 Å². The molecule has 1 aromatic rings. The first-order valence-electron chi connectivity index (χ1n) is 6.06. The van der Waals surface area contributed by atoms with E-state index in [1.54, 1.807) is 17.8 Å². The molecule has 0 amide bonds. The van der Waals surface area contributed by atoms with E-state index < -0.39 is 11.7 Å². The molecular formula is C13H17F3N2S2. The smallest absolute Gasteiger partial charge is 0.389 e. The van der Waals surface area contributed by atoms with Crippen molar-refractivity contribution < 1.29 is 13.2 Å². The number of rotatable bonds is 6. The van der Waals surface area contributed by atoms with Gasteiger partial charge in [0.2, 0.25) is 0 Å². The fraction of sp³-hybridized carbons (Fsp3) is 0.462. The van der Waals surface area contributed by atoms with Crippen LogP contribution in [-0.4, -0.2) is 23.0 Å². The molecule has 0 aliphatic rings. The largest absolute Gasteiger partial charge is 0.417 e. The minimum atomic E-state index is -4.47. The highest BCUT2D eigenvalue weighted by atomic mass is 32.2. The Morgan fingerprint density at radius 3 is 2.55 bits per heavy atom. The molecule has 20 heavy (non-hydrogen) atoms. The van der Waals surface area contributed by atoms with E-state index in [0.29, 0.717) is 5.69 Å². The standard InChI is InChI=1S/C13H17F3N2S2/c1-3-8(7-20-2)18-9-4-5-10(12(17)19)11(6-9)13(14,15)16/h4-6,8,18H,3,7H2,1-2H3,(H2,17,19). The molecule has 1 rings (SSSR count). The minimum Gasteiger partial charge on any atom is -0.389 e. The lowest BCUT2D eigenvalue weighted by Crippen LogP contribution is -2.22. The Hall–Kier alpha value is -0.950. The summed E-state index contributed by atoms with van der Waals surface area (Å²) in [7, 11) is 0. The Morgan fingerprint density at radius 1 is 1.45 bits per heavy atom. The van der Waals surface area contributed by atoms with Crippen LogP contribution in [0.15, 0.2) is 18.2 Å². The molecule has 3 N–H and O–H groups in total. The van der Waals surface area contributed by atoms with Crippen LogP contribution in [0.3, 0.4) is 0 Å². The first-order chi connectivity index (χ1) is 9.29. The Balaban J connectivity index is 3.10. The van der Waals surface area contributed by atoms with Crippen LogP contribution in [0, 0.1) is 0 Å². The molecule has 1 unspecified atom stereocenters. The predicted octanol–water partition coefficient (Wildman–Crippen LogP) is 3.89. The predicted molar refractivity (Wildman–Crippen MR) is 83.4 cm³/mol. The number of anilines is 1. The second-order valence-corrected chi connectivity index (χ2v) is 5.68. The summed E-state index contributed by atoms with van der Waals surface area (Å²) in [6, 6.07) is 4.09. The van der Waals surface area contributed by atoms with Crippen LogP contribution in [0.25, 0.3) is 0 Å². The number of benzene rings is 1. The number of thioether (sulfide) groups is 1. The molecule has 0 saturated carbocycles. The Kier molecular flexibility index (Phi) is 6.13. The average Bonchev–Trinajstić information content (AvgIpc) is 2.36. The molecule has 0 aliphatic carbocycles. The van der Waals surface area contributed by atoms with Crippen molar-refractivity contribution in [3.63, 3.8) is 0 Å². The van der Waals surface area contributed by atoms with Gasteiger partial charge in [-0.25, -0.2) is 0 Å². The molecule has 0 heterocycles. The van der Waals surface area contributed by atoms with E-state index in [-0.39, 0.29) is 16.6 Å². The van der Waals surface area contributed by atoms with Gasteiger partial charge in [0.1, 0.15) is 4.99 Å². The van der Waals surface area contributed by atoms with Crippen molar-refractivity contribution in [2.24, 2.45) is 5.73 Å². The van der Waals surface area contributed by atoms with E-state index in [2.05, 4.69) is 17.5 Å². The molecule has 0 aromatic heterocycles. The van der Waals surface area contributed by atoms with Crippen LogP contribution in [0.5, 0.6) is 0 Å². The van der Waals surface area contributed by atoms with Crippen molar-refractivity contribution >= 4 is 34.7 Å². The van der Waals surface area contributed by atoms with Gasteiger partial charge in [-0.15, -0.1) is 0 Å². The molecule has 0 aliphatic heterocycles. The molecule has 1 atom stereocenters. The van der Waals surface area contributed by atoms with Crippen molar-refractivity contribution in [1.82, 2.24) is 0 Å². The molecule has 0 bridgehead atoms. The van der Waals surface area contributed by atoms with Crippen molar-refractivity contribution in [1.29, 1.82) is 0 Å². The number of halogens is 3. The van der Waals surface area contributed by atoms with Crippen molar-refractivity contribution in [2.75, 3.05) is 17.3 Å². The van der Waals surface area contributed by atoms with Crippen molar-refractivity contribution in [2.45, 2.75) is 25.6 Å². The highest BCUT2D eigenvalue weighted by Gasteiger charge is 2.34. The zero-order chi connectivity index (χ0) is 15.3. The summed E-state index contributed by atoms with van der Waals surface area (Å²) >= 11 is 6.31. The lowest BCUT2D eigenvalue weighted by Gasteiger charge is -2.19. The number of alkyl halides is 3. The van der Waals surface area contributed by atoms with E-state index >= 15 is 0 Å². The third-order valence-corrected chi connectivity index (χ3v) is 3.78. The van der Waals surface area contributed by atoms with Gasteiger partial charge in [0, 0.05) is 23.0 Å². The Bertz CT molecular complexity index is 475. The number of hydrogen-bond acceptors (Lipinski definition) is 3. The Labute approximate surface area is 126 Å². The lowest BCUT2D eigenvalue weighted by atomic mass is 10.1. The summed E-state index contributed by atoms with van der Waals surface area (Å²) in [4.78, 5) is -0.250. The van der Waals surface area contributed by atoms with Gasteiger partial charge in [0.15, 0.2) is 0 Å². The SMILES string of the molecule is CCC(CSC)Nc1ccc(C(N)=S)c(C(F)(F)F)c1. The van der Waals surface area contributed by atoms with Crippen molar-refractivity contribution in [3.8, 4) is 0 Å². The van der Waals surface area contributed by atoms with E-state index in [1.807, 2.05) is 13.2 Å². The summed E-state index contributed by atoms with van der Waals surface area (Å²) in [5.74, 6) is 0.828. The molecular weight excluding hydrogens is 305 g/mol. The third kappa shape index (κ3) is 4.56. The maximum atomic E-state index is 13.0. The molecule has 0 radical (unpaired) electrons. The second-order valence-electron chi connectivity index (χ2n) is 4.33. The average molecular weight is 322 g/mol. The monoisotopic (exact) mass is 322 g/mol. The van der Waals surface area contributed by atoms with Crippen LogP contribution >= 0.6 is 24.0 Å². The van der Waals surface area contributed by atoms with Gasteiger partial charge < -0.3 is 11.1 Å². The number of hydrogen-bond donors (Lipinski definition) is 2. The summed E-state index contributed by atoms with van der Waals surface area (Å²) in [5, 5.41) is 3.10. The van der Waals surface area contributed by atoms with E-state index in [4.69, 9.17) is 5.73 Å². The van der Waals surface area contributed by atoms with Gasteiger partial charge in [-0.3, -0.25) is 0 Å². The Morgan fingerprint density at radius 2 is 2.10 bits per heavy atom. The summed E-state index contributed by atoms with van der Waals surface area (Å²) in [5.41, 5.74) is 4.83. The van der Waals surface area contributed by atoms with Crippen LogP contribution < -0.4 is 11.1 Å². The summed E-state index contributed by atoms with van der Waals surface area (Å²) in [6.07, 6.45) is -1.68. The van der Waals surface area contributed by atoms with Gasteiger partial charge in [-0.05, 0) is 30.9 Å². The highest BCUT2D eigenvalue weighted by molar-refractivity contribution is 7.98. The fourth-order valence-electron chi connectivity index (χ4n) is 1.78. The third-order valence-electron chi connectivity index (χ3n) is 2.82. The minimum absolute atomic E-state index is 0.127. The van der Waals surface area contributed by atoms with Gasteiger partial charge in [-0.2, -0.15) is 24.9 Å². The topological polar surface area (TPSA) is 38.0 Å². The van der Waals surface area contributed by atoms with Gasteiger partial charge in [0.25, 0.3) is 0 Å². The van der Waals surface area contributed by atoms with Gasteiger partial charge in [0.05, 0.1) is 5.56 Å². The number of nitrogens with one attached hydrogen (secondary N) is 1. The van der Waals surface area contributed by atoms with Crippen LogP contribution in [0.1, 0.15) is 24.5 Å². The normalized spacial score (nSPS) is 13.1. The van der Waals surface area contributed by atoms with Gasteiger partial charge in [-0.1, -0.05) is 19.1 Å². The second kappa shape index (κ2) is 7.17. The zero-order valence-corrected chi connectivity index (χ0v) is 12.9. The molecule has 0 saturated heterocycles. The fourth-order valence-corrected chi connectivity index (χ4v) is 2.68. The molecule has 0 fully saturated rings. The number of thiocarbonyl (C=S) groups is 1.